The van der Waals surface area contributed by atoms with Crippen molar-refractivity contribution in [3.8, 4) is 5.75 Å². The number of ether oxygens (including phenoxy) is 1. The van der Waals surface area contributed by atoms with E-state index >= 15 is 0 Å². The molecule has 1 aliphatic rings. The molecule has 1 unspecified atom stereocenters. The van der Waals surface area contributed by atoms with E-state index in [2.05, 4.69) is 10.3 Å². The summed E-state index contributed by atoms with van der Waals surface area (Å²) in [5.41, 5.74) is 3.19. The Morgan fingerprint density at radius 1 is 1.53 bits per heavy atom. The highest BCUT2D eigenvalue weighted by Crippen LogP contribution is 2.29. The highest BCUT2D eigenvalue weighted by atomic mass is 16.5. The van der Waals surface area contributed by atoms with Gasteiger partial charge in [0.1, 0.15) is 11.8 Å². The molecule has 3 N–H and O–H groups in total. The molecule has 5 nitrogen and oxygen atoms in total. The number of aromatic amines is 1. The topological polar surface area (TPSA) is 74.4 Å². The van der Waals surface area contributed by atoms with Crippen LogP contribution in [-0.4, -0.2) is 28.7 Å². The Kier molecular flexibility index (Phi) is 2.91. The third-order valence-electron chi connectivity index (χ3n) is 3.51. The van der Waals surface area contributed by atoms with Crippen molar-refractivity contribution in [1.82, 2.24) is 10.3 Å². The molecule has 1 aliphatic heterocycles. The largest absolute Gasteiger partial charge is 0.494 e. The maximum Gasteiger partial charge on any atom is 0.321 e. The van der Waals surface area contributed by atoms with Crippen LogP contribution < -0.4 is 10.1 Å². The van der Waals surface area contributed by atoms with E-state index in [-0.39, 0.29) is 0 Å². The van der Waals surface area contributed by atoms with Crippen LogP contribution >= 0.6 is 0 Å². The Morgan fingerprint density at radius 3 is 3.11 bits per heavy atom. The summed E-state index contributed by atoms with van der Waals surface area (Å²) < 4.78 is 5.50. The standard InChI is InChI=1S/C14H16N2O3/c1-2-19-8-3-4-11-9(5-8)10-6-12(14(17)18)15-7-13(10)16-11/h3-5,12,15-16H,2,6-7H2,1H3,(H,17,18). The van der Waals surface area contributed by atoms with Crippen molar-refractivity contribution >= 4 is 16.9 Å². The van der Waals surface area contributed by atoms with Crippen molar-refractivity contribution in [2.24, 2.45) is 0 Å². The molecule has 100 valence electrons. The van der Waals surface area contributed by atoms with Crippen molar-refractivity contribution < 1.29 is 14.6 Å². The van der Waals surface area contributed by atoms with Crippen LogP contribution in [0.25, 0.3) is 10.9 Å². The quantitative estimate of drug-likeness (QED) is 0.784. The van der Waals surface area contributed by atoms with Crippen molar-refractivity contribution in [3.63, 3.8) is 0 Å². The van der Waals surface area contributed by atoms with Gasteiger partial charge in [-0.1, -0.05) is 0 Å². The van der Waals surface area contributed by atoms with Gasteiger partial charge < -0.3 is 14.8 Å². The second-order valence-corrected chi connectivity index (χ2v) is 4.70. The molecule has 0 radical (unpaired) electrons. The zero-order chi connectivity index (χ0) is 13.4. The minimum absolute atomic E-state index is 0.500. The lowest BCUT2D eigenvalue weighted by Gasteiger charge is -2.20. The average Bonchev–Trinajstić information content (AvgIpc) is 2.76. The number of nitrogens with one attached hydrogen (secondary N) is 2. The van der Waals surface area contributed by atoms with Gasteiger partial charge in [0.15, 0.2) is 0 Å². The van der Waals surface area contributed by atoms with Gasteiger partial charge in [-0.3, -0.25) is 10.1 Å². The van der Waals surface area contributed by atoms with Gasteiger partial charge in [-0.05, 0) is 30.7 Å². The van der Waals surface area contributed by atoms with Gasteiger partial charge in [-0.15, -0.1) is 0 Å². The lowest BCUT2D eigenvalue weighted by Crippen LogP contribution is -2.41. The van der Waals surface area contributed by atoms with Crippen molar-refractivity contribution in [2.45, 2.75) is 25.9 Å². The Morgan fingerprint density at radius 2 is 2.37 bits per heavy atom. The summed E-state index contributed by atoms with van der Waals surface area (Å²) >= 11 is 0. The number of hydrogen-bond donors (Lipinski definition) is 3. The molecule has 0 bridgehead atoms. The summed E-state index contributed by atoms with van der Waals surface area (Å²) in [4.78, 5) is 14.4. The fourth-order valence-electron chi connectivity index (χ4n) is 2.60. The van der Waals surface area contributed by atoms with Crippen molar-refractivity contribution in [1.29, 1.82) is 0 Å². The number of hydrogen-bond acceptors (Lipinski definition) is 3. The zero-order valence-corrected chi connectivity index (χ0v) is 10.7. The van der Waals surface area contributed by atoms with Gasteiger partial charge in [0.25, 0.3) is 0 Å². The van der Waals surface area contributed by atoms with Crippen LogP contribution in [0.15, 0.2) is 18.2 Å². The molecule has 1 aromatic heterocycles. The number of H-pyrrole nitrogens is 1. The Bertz CT molecular complexity index is 633. The van der Waals surface area contributed by atoms with E-state index in [0.29, 0.717) is 19.6 Å². The van der Waals surface area contributed by atoms with Crippen molar-refractivity contribution in [3.05, 3.63) is 29.5 Å². The molecule has 0 spiro atoms. The van der Waals surface area contributed by atoms with Crippen LogP contribution in [0.4, 0.5) is 0 Å². The number of fused-ring (bicyclic) bond motifs is 3. The number of benzene rings is 1. The number of aromatic nitrogens is 1. The smallest absolute Gasteiger partial charge is 0.321 e. The molecular weight excluding hydrogens is 244 g/mol. The monoisotopic (exact) mass is 260 g/mol. The van der Waals surface area contributed by atoms with Crippen LogP contribution in [-0.2, 0) is 17.8 Å². The second-order valence-electron chi connectivity index (χ2n) is 4.70. The molecule has 0 saturated heterocycles. The SMILES string of the molecule is CCOc1ccc2[nH]c3c(c2c1)CC(C(=O)O)NC3. The van der Waals surface area contributed by atoms with E-state index in [1.807, 2.05) is 25.1 Å². The number of rotatable bonds is 3. The molecule has 19 heavy (non-hydrogen) atoms. The lowest BCUT2D eigenvalue weighted by atomic mass is 9.98. The van der Waals surface area contributed by atoms with Crippen LogP contribution in [0.3, 0.4) is 0 Å². The molecule has 0 aliphatic carbocycles. The van der Waals surface area contributed by atoms with Crippen LogP contribution in [0.5, 0.6) is 5.75 Å². The fourth-order valence-corrected chi connectivity index (χ4v) is 2.60. The molecule has 0 fully saturated rings. The Hall–Kier alpha value is -2.01. The molecule has 3 rings (SSSR count). The van der Waals surface area contributed by atoms with Crippen LogP contribution in [0, 0.1) is 0 Å². The summed E-state index contributed by atoms with van der Waals surface area (Å²) in [7, 11) is 0. The Balaban J connectivity index is 2.05. The predicted molar refractivity (Wildman–Crippen MR) is 71.4 cm³/mol. The van der Waals surface area contributed by atoms with Gasteiger partial charge in [-0.2, -0.15) is 0 Å². The van der Waals surface area contributed by atoms with E-state index < -0.39 is 12.0 Å². The van der Waals surface area contributed by atoms with Gasteiger partial charge in [0, 0.05) is 29.6 Å². The summed E-state index contributed by atoms with van der Waals surface area (Å²) in [6, 6.07) is 5.38. The first-order chi connectivity index (χ1) is 9.19. The highest BCUT2D eigenvalue weighted by molar-refractivity contribution is 5.87. The molecule has 0 saturated carbocycles. The normalized spacial score (nSPS) is 18.3. The molecule has 2 heterocycles. The zero-order valence-electron chi connectivity index (χ0n) is 10.7. The molecule has 5 heteroatoms. The minimum atomic E-state index is -0.805. The van der Waals surface area contributed by atoms with Gasteiger partial charge in [0.05, 0.1) is 6.61 Å². The number of carboxylic acid groups (broad SMARTS) is 1. The predicted octanol–water partition coefficient (Wildman–Crippen LogP) is 1.67. The van der Waals surface area contributed by atoms with Crippen LogP contribution in [0.1, 0.15) is 18.2 Å². The third-order valence-corrected chi connectivity index (χ3v) is 3.51. The van der Waals surface area contributed by atoms with E-state index in [4.69, 9.17) is 9.84 Å². The molecule has 0 amide bonds. The summed E-state index contributed by atoms with van der Waals surface area (Å²) in [6.45, 7) is 3.13. The summed E-state index contributed by atoms with van der Waals surface area (Å²) in [5.74, 6) is 0.0168. The minimum Gasteiger partial charge on any atom is -0.494 e. The first kappa shape index (κ1) is 12.0. The van der Waals surface area contributed by atoms with E-state index in [0.717, 1.165) is 27.9 Å². The van der Waals surface area contributed by atoms with Gasteiger partial charge >= 0.3 is 5.97 Å². The number of aliphatic carboxylic acids is 1. The number of carbonyl (C=O) groups is 1. The molecule has 1 atom stereocenters. The summed E-state index contributed by atoms with van der Waals surface area (Å²) in [5, 5.41) is 13.2. The Labute approximate surface area is 110 Å². The fraction of sp³-hybridized carbons (Fsp3) is 0.357. The maximum atomic E-state index is 11.1. The maximum absolute atomic E-state index is 11.1. The van der Waals surface area contributed by atoms with E-state index in [1.165, 1.54) is 0 Å². The molecular formula is C14H16N2O3. The first-order valence-electron chi connectivity index (χ1n) is 6.41. The van der Waals surface area contributed by atoms with Crippen molar-refractivity contribution in [2.75, 3.05) is 6.61 Å². The lowest BCUT2D eigenvalue weighted by molar-refractivity contribution is -0.139. The average molecular weight is 260 g/mol. The highest BCUT2D eigenvalue weighted by Gasteiger charge is 2.26. The molecule has 1 aromatic carbocycles. The summed E-state index contributed by atoms with van der Waals surface area (Å²) in [6.07, 6.45) is 0.500. The van der Waals surface area contributed by atoms with Gasteiger partial charge in [0.2, 0.25) is 0 Å². The first-order valence-corrected chi connectivity index (χ1v) is 6.41. The second kappa shape index (κ2) is 4.59. The van der Waals surface area contributed by atoms with E-state index in [9.17, 15) is 4.79 Å². The molecule has 2 aromatic rings. The van der Waals surface area contributed by atoms with E-state index in [1.54, 1.807) is 0 Å². The third kappa shape index (κ3) is 2.06. The van der Waals surface area contributed by atoms with Crippen LogP contribution in [0.2, 0.25) is 0 Å². The number of carboxylic acids is 1. The van der Waals surface area contributed by atoms with Gasteiger partial charge in [-0.25, -0.2) is 0 Å².